The number of benzene rings is 1. The van der Waals surface area contributed by atoms with Crippen molar-refractivity contribution in [1.82, 2.24) is 10.2 Å². The number of amides is 2. The molecule has 138 valence electrons. The van der Waals surface area contributed by atoms with Gasteiger partial charge < -0.3 is 19.7 Å². The second kappa shape index (κ2) is 11.1. The van der Waals surface area contributed by atoms with Crippen LogP contribution in [0.15, 0.2) is 24.3 Å². The van der Waals surface area contributed by atoms with Crippen LogP contribution in [0.2, 0.25) is 0 Å². The smallest absolute Gasteiger partial charge is 0.307 e. The third-order valence-corrected chi connectivity index (χ3v) is 3.38. The third kappa shape index (κ3) is 8.74. The van der Waals surface area contributed by atoms with E-state index in [9.17, 15) is 14.4 Å². The van der Waals surface area contributed by atoms with Crippen LogP contribution in [0.4, 0.5) is 0 Å². The highest BCUT2D eigenvalue weighted by atomic mass is 16.5. The minimum absolute atomic E-state index is 0.101. The van der Waals surface area contributed by atoms with Gasteiger partial charge >= 0.3 is 5.97 Å². The largest absolute Gasteiger partial charge is 0.484 e. The zero-order valence-electron chi connectivity index (χ0n) is 15.0. The maximum atomic E-state index is 12.4. The molecule has 7 nitrogen and oxygen atoms in total. The highest BCUT2D eigenvalue weighted by Crippen LogP contribution is 2.11. The number of hydrogen-bond donors (Lipinski definition) is 1. The van der Waals surface area contributed by atoms with Crippen LogP contribution in [-0.2, 0) is 19.1 Å². The first-order valence-electron chi connectivity index (χ1n) is 8.29. The molecule has 1 aromatic rings. The first kappa shape index (κ1) is 20.5. The van der Waals surface area contributed by atoms with E-state index in [4.69, 9.17) is 9.47 Å². The van der Waals surface area contributed by atoms with Gasteiger partial charge in [0, 0.05) is 26.6 Å². The standard InChI is InChI=1S/C18H26N2O5/c1-4-24-18(23)9-11-20(12-10-19-15(3)21)17(22)13-25-16-7-5-14(2)6-8-16/h5-8H,4,9-13H2,1-3H3,(H,19,21). The molecule has 1 aromatic carbocycles. The molecule has 0 spiro atoms. The molecule has 2 amide bonds. The molecule has 0 radical (unpaired) electrons. The Kier molecular flexibility index (Phi) is 9.06. The Morgan fingerprint density at radius 1 is 1.12 bits per heavy atom. The highest BCUT2D eigenvalue weighted by Gasteiger charge is 2.16. The average Bonchev–Trinajstić information content (AvgIpc) is 2.57. The summed E-state index contributed by atoms with van der Waals surface area (Å²) in [5, 5.41) is 2.63. The van der Waals surface area contributed by atoms with E-state index in [0.29, 0.717) is 25.4 Å². The number of aryl methyl sites for hydroxylation is 1. The first-order chi connectivity index (χ1) is 11.9. The first-order valence-corrected chi connectivity index (χ1v) is 8.29. The molecule has 0 unspecified atom stereocenters. The van der Waals surface area contributed by atoms with Gasteiger partial charge in [-0.1, -0.05) is 17.7 Å². The number of ether oxygens (including phenoxy) is 2. The van der Waals surface area contributed by atoms with Gasteiger partial charge in [0.2, 0.25) is 5.91 Å². The fourth-order valence-electron chi connectivity index (χ4n) is 2.06. The lowest BCUT2D eigenvalue weighted by Crippen LogP contribution is -2.41. The van der Waals surface area contributed by atoms with Gasteiger partial charge in [-0.25, -0.2) is 0 Å². The van der Waals surface area contributed by atoms with Crippen LogP contribution in [0, 0.1) is 6.92 Å². The number of nitrogens with one attached hydrogen (secondary N) is 1. The van der Waals surface area contributed by atoms with Crippen molar-refractivity contribution >= 4 is 17.8 Å². The van der Waals surface area contributed by atoms with Crippen LogP contribution >= 0.6 is 0 Å². The number of hydrogen-bond acceptors (Lipinski definition) is 5. The summed E-state index contributed by atoms with van der Waals surface area (Å²) in [6, 6.07) is 7.38. The second-order valence-corrected chi connectivity index (χ2v) is 5.52. The molecule has 25 heavy (non-hydrogen) atoms. The maximum Gasteiger partial charge on any atom is 0.307 e. The maximum absolute atomic E-state index is 12.4. The van der Waals surface area contributed by atoms with E-state index in [1.165, 1.54) is 11.8 Å². The second-order valence-electron chi connectivity index (χ2n) is 5.52. The van der Waals surface area contributed by atoms with E-state index in [1.807, 2.05) is 19.1 Å². The molecule has 1 N–H and O–H groups in total. The minimum Gasteiger partial charge on any atom is -0.484 e. The quantitative estimate of drug-likeness (QED) is 0.643. The molecule has 1 rings (SSSR count). The molecule has 0 aliphatic heterocycles. The van der Waals surface area contributed by atoms with Crippen molar-refractivity contribution in [1.29, 1.82) is 0 Å². The Bertz CT molecular complexity index is 571. The van der Waals surface area contributed by atoms with E-state index in [-0.39, 0.29) is 37.4 Å². The van der Waals surface area contributed by atoms with Crippen molar-refractivity contribution in [3.8, 4) is 5.75 Å². The average molecular weight is 350 g/mol. The Morgan fingerprint density at radius 3 is 2.40 bits per heavy atom. The summed E-state index contributed by atoms with van der Waals surface area (Å²) in [4.78, 5) is 36.3. The van der Waals surface area contributed by atoms with Crippen molar-refractivity contribution in [3.63, 3.8) is 0 Å². The SMILES string of the molecule is CCOC(=O)CCN(CCNC(C)=O)C(=O)COc1ccc(C)cc1. The molecule has 0 saturated heterocycles. The van der Waals surface area contributed by atoms with E-state index < -0.39 is 0 Å². The van der Waals surface area contributed by atoms with E-state index >= 15 is 0 Å². The van der Waals surface area contributed by atoms with Crippen LogP contribution in [0.1, 0.15) is 25.8 Å². The molecular formula is C18H26N2O5. The fourth-order valence-corrected chi connectivity index (χ4v) is 2.06. The predicted molar refractivity (Wildman–Crippen MR) is 93.2 cm³/mol. The Morgan fingerprint density at radius 2 is 1.80 bits per heavy atom. The fraction of sp³-hybridized carbons (Fsp3) is 0.500. The van der Waals surface area contributed by atoms with Gasteiger partial charge in [0.15, 0.2) is 6.61 Å². The molecule has 7 heteroatoms. The summed E-state index contributed by atoms with van der Waals surface area (Å²) in [6.07, 6.45) is 0.101. The molecule has 0 atom stereocenters. The molecule has 0 fully saturated rings. The van der Waals surface area contributed by atoms with Crippen LogP contribution in [-0.4, -0.2) is 55.5 Å². The Labute approximate surface area is 148 Å². The van der Waals surface area contributed by atoms with Crippen LogP contribution in [0.3, 0.4) is 0 Å². The van der Waals surface area contributed by atoms with Crippen molar-refractivity contribution in [2.45, 2.75) is 27.2 Å². The zero-order chi connectivity index (χ0) is 18.7. The highest BCUT2D eigenvalue weighted by molar-refractivity contribution is 5.79. The van der Waals surface area contributed by atoms with Crippen molar-refractivity contribution in [2.75, 3.05) is 32.8 Å². The van der Waals surface area contributed by atoms with Crippen molar-refractivity contribution in [2.24, 2.45) is 0 Å². The number of carbonyl (C=O) groups is 3. The monoisotopic (exact) mass is 350 g/mol. The molecule has 0 aliphatic carbocycles. The summed E-state index contributed by atoms with van der Waals surface area (Å²) < 4.78 is 10.4. The van der Waals surface area contributed by atoms with E-state index in [1.54, 1.807) is 19.1 Å². The van der Waals surface area contributed by atoms with Crippen molar-refractivity contribution in [3.05, 3.63) is 29.8 Å². The number of rotatable bonds is 10. The van der Waals surface area contributed by atoms with Gasteiger partial charge in [-0.15, -0.1) is 0 Å². The lowest BCUT2D eigenvalue weighted by molar-refractivity contribution is -0.144. The minimum atomic E-state index is -0.362. The molecule has 0 bridgehead atoms. The van der Waals surface area contributed by atoms with Crippen LogP contribution in [0.5, 0.6) is 5.75 Å². The lowest BCUT2D eigenvalue weighted by atomic mass is 10.2. The Balaban J connectivity index is 2.55. The van der Waals surface area contributed by atoms with E-state index in [2.05, 4.69) is 5.32 Å². The molecule has 0 saturated carbocycles. The molecular weight excluding hydrogens is 324 g/mol. The van der Waals surface area contributed by atoms with E-state index in [0.717, 1.165) is 5.56 Å². The predicted octanol–water partition coefficient (Wildman–Crippen LogP) is 1.29. The Hall–Kier alpha value is -2.57. The van der Waals surface area contributed by atoms with Gasteiger partial charge in [-0.3, -0.25) is 14.4 Å². The van der Waals surface area contributed by atoms with Gasteiger partial charge in [0.25, 0.3) is 5.91 Å². The summed E-state index contributed by atoms with van der Waals surface area (Å²) in [5.74, 6) is -0.186. The summed E-state index contributed by atoms with van der Waals surface area (Å²) in [5.41, 5.74) is 1.10. The van der Waals surface area contributed by atoms with Gasteiger partial charge in [0.1, 0.15) is 5.75 Å². The van der Waals surface area contributed by atoms with Crippen LogP contribution < -0.4 is 10.1 Å². The summed E-state index contributed by atoms with van der Waals surface area (Å²) in [6.45, 7) is 6.10. The zero-order valence-corrected chi connectivity index (χ0v) is 15.0. The lowest BCUT2D eigenvalue weighted by Gasteiger charge is -2.22. The normalized spacial score (nSPS) is 10.0. The number of esters is 1. The summed E-state index contributed by atoms with van der Waals surface area (Å²) in [7, 11) is 0. The number of carbonyl (C=O) groups excluding carboxylic acids is 3. The van der Waals surface area contributed by atoms with Gasteiger partial charge in [-0.05, 0) is 26.0 Å². The summed E-state index contributed by atoms with van der Waals surface area (Å²) >= 11 is 0. The van der Waals surface area contributed by atoms with Gasteiger partial charge in [-0.2, -0.15) is 0 Å². The number of nitrogens with zero attached hydrogens (tertiary/aromatic N) is 1. The molecule has 0 aliphatic rings. The third-order valence-electron chi connectivity index (χ3n) is 3.38. The van der Waals surface area contributed by atoms with Crippen LogP contribution in [0.25, 0.3) is 0 Å². The van der Waals surface area contributed by atoms with Gasteiger partial charge in [0.05, 0.1) is 13.0 Å². The molecule has 0 heterocycles. The molecule has 0 aromatic heterocycles. The topological polar surface area (TPSA) is 84.9 Å². The van der Waals surface area contributed by atoms with Crippen molar-refractivity contribution < 1.29 is 23.9 Å².